The second-order valence-electron chi connectivity index (χ2n) is 2.64. The predicted molar refractivity (Wildman–Crippen MR) is 51.6 cm³/mol. The van der Waals surface area contributed by atoms with Crippen LogP contribution in [0.4, 0.5) is 10.1 Å². The monoisotopic (exact) mass is 195 g/mol. The molecule has 0 saturated heterocycles. The lowest BCUT2D eigenvalue weighted by molar-refractivity contribution is 0.112. The van der Waals surface area contributed by atoms with Crippen LogP contribution < -0.4 is 5.73 Å². The minimum atomic E-state index is -0.531. The fourth-order valence-electron chi connectivity index (χ4n) is 1.25. The Kier molecular flexibility index (Phi) is 1.77. The van der Waals surface area contributed by atoms with E-state index in [-0.39, 0.29) is 11.3 Å². The number of carbonyl (C=O) groups excluding carboxylic acids is 1. The zero-order chi connectivity index (χ0) is 9.42. The molecule has 0 spiro atoms. The Morgan fingerprint density at radius 1 is 1.54 bits per heavy atom. The van der Waals surface area contributed by atoms with Crippen molar-refractivity contribution in [3.63, 3.8) is 0 Å². The number of aldehydes is 1. The molecule has 0 aliphatic heterocycles. The van der Waals surface area contributed by atoms with Crippen LogP contribution in [0.2, 0.25) is 0 Å². The van der Waals surface area contributed by atoms with E-state index in [1.165, 1.54) is 17.4 Å². The molecule has 0 amide bonds. The van der Waals surface area contributed by atoms with E-state index in [0.29, 0.717) is 6.29 Å². The van der Waals surface area contributed by atoms with E-state index in [9.17, 15) is 9.18 Å². The minimum Gasteiger partial charge on any atom is -0.396 e. The van der Waals surface area contributed by atoms with Crippen LogP contribution in [0.5, 0.6) is 0 Å². The molecule has 2 aromatic rings. The first-order valence-electron chi connectivity index (χ1n) is 3.64. The van der Waals surface area contributed by atoms with Crippen LogP contribution in [0.15, 0.2) is 17.5 Å². The summed E-state index contributed by atoms with van der Waals surface area (Å²) in [5.41, 5.74) is 5.59. The van der Waals surface area contributed by atoms with Gasteiger partial charge in [0, 0.05) is 15.6 Å². The third-order valence-electron chi connectivity index (χ3n) is 1.91. The highest BCUT2D eigenvalue weighted by molar-refractivity contribution is 7.17. The van der Waals surface area contributed by atoms with Crippen LogP contribution in [0.1, 0.15) is 10.4 Å². The van der Waals surface area contributed by atoms with Crippen LogP contribution in [0.25, 0.3) is 10.1 Å². The van der Waals surface area contributed by atoms with Gasteiger partial charge < -0.3 is 5.73 Å². The van der Waals surface area contributed by atoms with Crippen LogP contribution >= 0.6 is 11.3 Å². The van der Waals surface area contributed by atoms with Gasteiger partial charge in [-0.2, -0.15) is 0 Å². The molecule has 0 radical (unpaired) electrons. The van der Waals surface area contributed by atoms with E-state index in [4.69, 9.17) is 5.73 Å². The molecule has 0 atom stereocenters. The summed E-state index contributed by atoms with van der Waals surface area (Å²) in [6.07, 6.45) is 0.591. The van der Waals surface area contributed by atoms with Gasteiger partial charge in [-0.25, -0.2) is 4.39 Å². The maximum absolute atomic E-state index is 13.1. The molecule has 0 fully saturated rings. The molecule has 2 N–H and O–H groups in total. The van der Waals surface area contributed by atoms with E-state index < -0.39 is 5.82 Å². The summed E-state index contributed by atoms with van der Waals surface area (Å²) in [6.45, 7) is 0. The summed E-state index contributed by atoms with van der Waals surface area (Å²) in [5, 5.41) is 2.52. The zero-order valence-electron chi connectivity index (χ0n) is 6.58. The Morgan fingerprint density at radius 2 is 2.31 bits per heavy atom. The van der Waals surface area contributed by atoms with Gasteiger partial charge in [-0.15, -0.1) is 11.3 Å². The van der Waals surface area contributed by atoms with Crippen molar-refractivity contribution in [3.05, 3.63) is 28.9 Å². The van der Waals surface area contributed by atoms with E-state index in [2.05, 4.69) is 0 Å². The van der Waals surface area contributed by atoms with E-state index in [1.807, 2.05) is 0 Å². The molecule has 2 rings (SSSR count). The standard InChI is InChI=1S/C9H6FNOS/c10-7-3-8-5(1-2-13-8)6(4-12)9(7)11/h1-4H,11H2. The summed E-state index contributed by atoms with van der Waals surface area (Å²) < 4.78 is 13.8. The summed E-state index contributed by atoms with van der Waals surface area (Å²) in [6, 6.07) is 3.11. The first-order chi connectivity index (χ1) is 6.24. The minimum absolute atomic E-state index is 0.0686. The Balaban J connectivity index is 2.95. The van der Waals surface area contributed by atoms with Crippen molar-refractivity contribution in [1.82, 2.24) is 0 Å². The first kappa shape index (κ1) is 8.19. The Hall–Kier alpha value is -1.42. The number of hydrogen-bond donors (Lipinski definition) is 1. The van der Waals surface area contributed by atoms with E-state index in [0.717, 1.165) is 10.1 Å². The first-order valence-corrected chi connectivity index (χ1v) is 4.52. The second-order valence-corrected chi connectivity index (χ2v) is 3.58. The van der Waals surface area contributed by atoms with Crippen molar-refractivity contribution in [2.24, 2.45) is 0 Å². The lowest BCUT2D eigenvalue weighted by atomic mass is 10.1. The van der Waals surface area contributed by atoms with E-state index in [1.54, 1.807) is 11.4 Å². The molecule has 1 aromatic carbocycles. The topological polar surface area (TPSA) is 43.1 Å². The Morgan fingerprint density at radius 3 is 3.00 bits per heavy atom. The van der Waals surface area contributed by atoms with Gasteiger partial charge in [-0.05, 0) is 17.5 Å². The fraction of sp³-hybridized carbons (Fsp3) is 0. The number of nitrogen functional groups attached to an aromatic ring is 1. The van der Waals surface area contributed by atoms with Crippen molar-refractivity contribution in [2.45, 2.75) is 0 Å². The van der Waals surface area contributed by atoms with Crippen molar-refractivity contribution in [1.29, 1.82) is 0 Å². The van der Waals surface area contributed by atoms with Crippen molar-refractivity contribution < 1.29 is 9.18 Å². The van der Waals surface area contributed by atoms with Gasteiger partial charge in [0.05, 0.1) is 5.69 Å². The number of halogens is 1. The molecule has 1 aromatic heterocycles. The van der Waals surface area contributed by atoms with Crippen LogP contribution in [-0.2, 0) is 0 Å². The average Bonchev–Trinajstić information content (AvgIpc) is 2.54. The highest BCUT2D eigenvalue weighted by Crippen LogP contribution is 2.29. The fourth-order valence-corrected chi connectivity index (χ4v) is 2.08. The molecule has 13 heavy (non-hydrogen) atoms. The number of carbonyl (C=O) groups is 1. The second kappa shape index (κ2) is 2.81. The highest BCUT2D eigenvalue weighted by Gasteiger charge is 2.10. The Labute approximate surface area is 77.8 Å². The molecule has 2 nitrogen and oxygen atoms in total. The average molecular weight is 195 g/mol. The molecule has 0 bridgehead atoms. The van der Waals surface area contributed by atoms with Crippen LogP contribution in [-0.4, -0.2) is 6.29 Å². The van der Waals surface area contributed by atoms with Crippen molar-refractivity contribution in [3.8, 4) is 0 Å². The predicted octanol–water partition coefficient (Wildman–Crippen LogP) is 2.44. The lowest BCUT2D eigenvalue weighted by Gasteiger charge is -2.01. The number of thiophene rings is 1. The van der Waals surface area contributed by atoms with Gasteiger partial charge in [0.15, 0.2) is 6.29 Å². The molecule has 1 heterocycles. The number of anilines is 1. The third kappa shape index (κ3) is 1.10. The number of nitrogens with two attached hydrogens (primary N) is 1. The normalized spacial score (nSPS) is 10.5. The van der Waals surface area contributed by atoms with E-state index >= 15 is 0 Å². The molecular weight excluding hydrogens is 189 g/mol. The largest absolute Gasteiger partial charge is 0.396 e. The number of fused-ring (bicyclic) bond motifs is 1. The molecule has 0 saturated carbocycles. The quantitative estimate of drug-likeness (QED) is 0.561. The maximum atomic E-state index is 13.1. The van der Waals surface area contributed by atoms with Gasteiger partial charge in [0.2, 0.25) is 0 Å². The Bertz CT molecular complexity index is 478. The number of hydrogen-bond acceptors (Lipinski definition) is 3. The molecule has 0 unspecified atom stereocenters. The van der Waals surface area contributed by atoms with Gasteiger partial charge in [-0.3, -0.25) is 4.79 Å². The molecule has 4 heteroatoms. The molecule has 0 aliphatic rings. The molecule has 66 valence electrons. The summed E-state index contributed by atoms with van der Waals surface area (Å²) in [4.78, 5) is 10.6. The maximum Gasteiger partial charge on any atom is 0.152 e. The third-order valence-corrected chi connectivity index (χ3v) is 2.77. The summed E-state index contributed by atoms with van der Waals surface area (Å²) in [5.74, 6) is -0.531. The zero-order valence-corrected chi connectivity index (χ0v) is 7.40. The van der Waals surface area contributed by atoms with Crippen molar-refractivity contribution >= 4 is 33.4 Å². The van der Waals surface area contributed by atoms with Crippen molar-refractivity contribution in [2.75, 3.05) is 5.73 Å². The van der Waals surface area contributed by atoms with Gasteiger partial charge in [-0.1, -0.05) is 0 Å². The SMILES string of the molecule is Nc1c(F)cc2sccc2c1C=O. The number of rotatable bonds is 1. The van der Waals surface area contributed by atoms with Crippen LogP contribution in [0.3, 0.4) is 0 Å². The highest BCUT2D eigenvalue weighted by atomic mass is 32.1. The van der Waals surface area contributed by atoms with Gasteiger partial charge >= 0.3 is 0 Å². The summed E-state index contributed by atoms with van der Waals surface area (Å²) in [7, 11) is 0. The number of benzene rings is 1. The molecule has 0 aliphatic carbocycles. The van der Waals surface area contributed by atoms with Crippen LogP contribution in [0, 0.1) is 5.82 Å². The lowest BCUT2D eigenvalue weighted by Crippen LogP contribution is -1.96. The van der Waals surface area contributed by atoms with Gasteiger partial charge in [0.1, 0.15) is 5.82 Å². The van der Waals surface area contributed by atoms with Gasteiger partial charge in [0.25, 0.3) is 0 Å². The smallest absolute Gasteiger partial charge is 0.152 e. The molecular formula is C9H6FNOS. The summed E-state index contributed by atoms with van der Waals surface area (Å²) >= 11 is 1.39.